The summed E-state index contributed by atoms with van der Waals surface area (Å²) in [5.41, 5.74) is 0.242. The lowest BCUT2D eigenvalue weighted by Crippen LogP contribution is -2.09. The molecule has 0 saturated heterocycles. The van der Waals surface area contributed by atoms with Crippen molar-refractivity contribution in [3.8, 4) is 5.75 Å². The number of benzene rings is 1. The SMILES string of the molecule is CCCC(C)COc1cc(C(=O)O)ccc1Br. The highest BCUT2D eigenvalue weighted by Crippen LogP contribution is 2.26. The fourth-order valence-corrected chi connectivity index (χ4v) is 1.92. The number of ether oxygens (including phenoxy) is 1. The average molecular weight is 301 g/mol. The van der Waals surface area contributed by atoms with Crippen LogP contribution in [0.3, 0.4) is 0 Å². The molecule has 17 heavy (non-hydrogen) atoms. The van der Waals surface area contributed by atoms with Crippen molar-refractivity contribution in [2.75, 3.05) is 6.61 Å². The van der Waals surface area contributed by atoms with Gasteiger partial charge in [0, 0.05) is 0 Å². The Bertz CT molecular complexity index is 390. The predicted molar refractivity (Wildman–Crippen MR) is 70.7 cm³/mol. The first-order valence-corrected chi connectivity index (χ1v) is 6.49. The van der Waals surface area contributed by atoms with Crippen LogP contribution in [-0.2, 0) is 0 Å². The fraction of sp³-hybridized carbons (Fsp3) is 0.462. The number of carboxylic acid groups (broad SMARTS) is 1. The Hall–Kier alpha value is -1.03. The van der Waals surface area contributed by atoms with E-state index in [-0.39, 0.29) is 5.56 Å². The number of halogens is 1. The molecule has 0 spiro atoms. The van der Waals surface area contributed by atoms with Crippen LogP contribution in [0.25, 0.3) is 0 Å². The van der Waals surface area contributed by atoms with Gasteiger partial charge in [-0.2, -0.15) is 0 Å². The molecule has 3 nitrogen and oxygen atoms in total. The highest BCUT2D eigenvalue weighted by atomic mass is 79.9. The summed E-state index contributed by atoms with van der Waals surface area (Å²) < 4.78 is 6.42. The van der Waals surface area contributed by atoms with Crippen molar-refractivity contribution >= 4 is 21.9 Å². The van der Waals surface area contributed by atoms with Gasteiger partial charge in [0.15, 0.2) is 0 Å². The fourth-order valence-electron chi connectivity index (χ4n) is 1.56. The van der Waals surface area contributed by atoms with Crippen molar-refractivity contribution in [2.24, 2.45) is 5.92 Å². The highest BCUT2D eigenvalue weighted by Gasteiger charge is 2.09. The number of rotatable bonds is 6. The molecular weight excluding hydrogens is 284 g/mol. The Labute approximate surface area is 110 Å². The van der Waals surface area contributed by atoms with Crippen molar-refractivity contribution in [1.29, 1.82) is 0 Å². The Morgan fingerprint density at radius 1 is 1.53 bits per heavy atom. The van der Waals surface area contributed by atoms with Gasteiger partial charge in [0.2, 0.25) is 0 Å². The van der Waals surface area contributed by atoms with E-state index in [0.717, 1.165) is 17.3 Å². The zero-order valence-corrected chi connectivity index (χ0v) is 11.7. The van der Waals surface area contributed by atoms with E-state index in [4.69, 9.17) is 9.84 Å². The lowest BCUT2D eigenvalue weighted by molar-refractivity contribution is 0.0696. The van der Waals surface area contributed by atoms with Crippen molar-refractivity contribution in [3.05, 3.63) is 28.2 Å². The van der Waals surface area contributed by atoms with Crippen LogP contribution in [-0.4, -0.2) is 17.7 Å². The van der Waals surface area contributed by atoms with E-state index in [1.54, 1.807) is 18.2 Å². The van der Waals surface area contributed by atoms with E-state index in [0.29, 0.717) is 18.3 Å². The maximum atomic E-state index is 10.8. The van der Waals surface area contributed by atoms with E-state index in [1.165, 1.54) is 0 Å². The molecule has 1 unspecified atom stereocenters. The van der Waals surface area contributed by atoms with E-state index in [1.807, 2.05) is 0 Å². The van der Waals surface area contributed by atoms with Crippen LogP contribution in [0.1, 0.15) is 37.0 Å². The van der Waals surface area contributed by atoms with Crippen LogP contribution >= 0.6 is 15.9 Å². The van der Waals surface area contributed by atoms with Gasteiger partial charge >= 0.3 is 5.97 Å². The summed E-state index contributed by atoms with van der Waals surface area (Å²) >= 11 is 3.35. The monoisotopic (exact) mass is 300 g/mol. The van der Waals surface area contributed by atoms with Crippen LogP contribution < -0.4 is 4.74 Å². The third-order valence-corrected chi connectivity index (χ3v) is 3.14. The molecule has 1 aromatic rings. The lowest BCUT2D eigenvalue weighted by Gasteiger charge is -2.13. The summed E-state index contributed by atoms with van der Waals surface area (Å²) in [6.45, 7) is 4.87. The molecule has 1 aromatic carbocycles. The van der Waals surface area contributed by atoms with Crippen LogP contribution in [0.15, 0.2) is 22.7 Å². The Morgan fingerprint density at radius 2 is 2.24 bits per heavy atom. The van der Waals surface area contributed by atoms with E-state index in [9.17, 15) is 4.79 Å². The minimum absolute atomic E-state index is 0.242. The molecule has 0 aliphatic rings. The smallest absolute Gasteiger partial charge is 0.335 e. The Morgan fingerprint density at radius 3 is 2.82 bits per heavy atom. The summed E-state index contributed by atoms with van der Waals surface area (Å²) in [6, 6.07) is 4.79. The molecular formula is C13H17BrO3. The van der Waals surface area contributed by atoms with Crippen LogP contribution in [0, 0.1) is 5.92 Å². The Balaban J connectivity index is 2.69. The van der Waals surface area contributed by atoms with Gasteiger partial charge in [0.1, 0.15) is 5.75 Å². The molecule has 0 aliphatic heterocycles. The molecule has 4 heteroatoms. The molecule has 94 valence electrons. The summed E-state index contributed by atoms with van der Waals surface area (Å²) in [5.74, 6) is 0.122. The van der Waals surface area contributed by atoms with Crippen molar-refractivity contribution in [1.82, 2.24) is 0 Å². The van der Waals surface area contributed by atoms with E-state index >= 15 is 0 Å². The van der Waals surface area contributed by atoms with Crippen molar-refractivity contribution in [2.45, 2.75) is 26.7 Å². The van der Waals surface area contributed by atoms with Gasteiger partial charge in [0.25, 0.3) is 0 Å². The zero-order chi connectivity index (χ0) is 12.8. The topological polar surface area (TPSA) is 46.5 Å². The first-order valence-electron chi connectivity index (χ1n) is 5.70. The van der Waals surface area contributed by atoms with Gasteiger partial charge < -0.3 is 9.84 Å². The molecule has 0 radical (unpaired) electrons. The standard InChI is InChI=1S/C13H17BrO3/c1-3-4-9(2)8-17-12-7-10(13(15)16)5-6-11(12)14/h5-7,9H,3-4,8H2,1-2H3,(H,15,16). The summed E-state index contributed by atoms with van der Waals surface area (Å²) in [4.78, 5) is 10.8. The van der Waals surface area contributed by atoms with Crippen LogP contribution in [0.5, 0.6) is 5.75 Å². The van der Waals surface area contributed by atoms with Gasteiger partial charge in [-0.15, -0.1) is 0 Å². The first-order chi connectivity index (χ1) is 8.04. The largest absolute Gasteiger partial charge is 0.492 e. The second-order valence-corrected chi connectivity index (χ2v) is 5.01. The van der Waals surface area contributed by atoms with E-state index in [2.05, 4.69) is 29.8 Å². The summed E-state index contributed by atoms with van der Waals surface area (Å²) in [7, 11) is 0. The molecule has 0 fully saturated rings. The maximum Gasteiger partial charge on any atom is 0.335 e. The zero-order valence-electron chi connectivity index (χ0n) is 10.1. The van der Waals surface area contributed by atoms with Crippen LogP contribution in [0.4, 0.5) is 0 Å². The van der Waals surface area contributed by atoms with Crippen molar-refractivity contribution < 1.29 is 14.6 Å². The Kier molecular flexibility index (Phi) is 5.48. The maximum absolute atomic E-state index is 10.8. The number of hydrogen-bond acceptors (Lipinski definition) is 2. The molecule has 0 heterocycles. The minimum Gasteiger partial charge on any atom is -0.492 e. The average Bonchev–Trinajstić information content (AvgIpc) is 2.28. The van der Waals surface area contributed by atoms with Gasteiger partial charge in [0.05, 0.1) is 16.6 Å². The lowest BCUT2D eigenvalue weighted by atomic mass is 10.1. The van der Waals surface area contributed by atoms with Gasteiger partial charge in [-0.1, -0.05) is 20.3 Å². The number of carboxylic acids is 1. The summed E-state index contributed by atoms with van der Waals surface area (Å²) in [6.07, 6.45) is 2.23. The normalized spacial score (nSPS) is 12.2. The molecule has 0 aromatic heterocycles. The molecule has 0 bridgehead atoms. The van der Waals surface area contributed by atoms with Gasteiger partial charge in [-0.05, 0) is 46.5 Å². The molecule has 0 aliphatic carbocycles. The van der Waals surface area contributed by atoms with Crippen LogP contribution in [0.2, 0.25) is 0 Å². The second kappa shape index (κ2) is 6.64. The third kappa shape index (κ3) is 4.38. The predicted octanol–water partition coefficient (Wildman–Crippen LogP) is 3.96. The molecule has 1 atom stereocenters. The second-order valence-electron chi connectivity index (χ2n) is 4.16. The van der Waals surface area contributed by atoms with Gasteiger partial charge in [-0.25, -0.2) is 4.79 Å². The van der Waals surface area contributed by atoms with Gasteiger partial charge in [-0.3, -0.25) is 0 Å². The molecule has 1 rings (SSSR count). The molecule has 1 N–H and O–H groups in total. The molecule has 0 saturated carbocycles. The quantitative estimate of drug-likeness (QED) is 0.865. The van der Waals surface area contributed by atoms with Crippen molar-refractivity contribution in [3.63, 3.8) is 0 Å². The third-order valence-electron chi connectivity index (χ3n) is 2.48. The number of carbonyl (C=O) groups is 1. The summed E-state index contributed by atoms with van der Waals surface area (Å²) in [5, 5.41) is 8.89. The van der Waals surface area contributed by atoms with E-state index < -0.39 is 5.97 Å². The highest BCUT2D eigenvalue weighted by molar-refractivity contribution is 9.10. The number of aromatic carboxylic acids is 1. The minimum atomic E-state index is -0.941. The first kappa shape index (κ1) is 14.0. The molecule has 0 amide bonds. The number of hydrogen-bond donors (Lipinski definition) is 1.